The molecule has 210 valence electrons. The molecule has 2 unspecified atom stereocenters. The van der Waals surface area contributed by atoms with Crippen LogP contribution in [-0.4, -0.2) is 19.7 Å². The highest BCUT2D eigenvalue weighted by atomic mass is 19.1. The molecule has 0 aliphatic heterocycles. The van der Waals surface area contributed by atoms with E-state index in [9.17, 15) is 4.79 Å². The van der Waals surface area contributed by atoms with E-state index in [1.165, 1.54) is 11.6 Å². The third kappa shape index (κ3) is 4.49. The lowest BCUT2D eigenvalue weighted by Crippen LogP contribution is -2.34. The smallest absolute Gasteiger partial charge is 0.309 e. The number of halogens is 1. The number of ether oxygens (including phenoxy) is 3. The van der Waals surface area contributed by atoms with Crippen LogP contribution in [0.25, 0.3) is 11.1 Å². The first kappa shape index (κ1) is 27.9. The number of fused-ring (bicyclic) bond motifs is 4. The molecule has 0 aromatic heterocycles. The van der Waals surface area contributed by atoms with Gasteiger partial charge in [0.15, 0.2) is 0 Å². The Morgan fingerprint density at radius 2 is 1.98 bits per heavy atom. The first-order chi connectivity index (χ1) is 19.1. The molecule has 0 radical (unpaired) electrons. The lowest BCUT2D eigenvalue weighted by atomic mass is 9.73. The van der Waals surface area contributed by atoms with Crippen LogP contribution in [0.3, 0.4) is 0 Å². The molecule has 0 saturated carbocycles. The quantitative estimate of drug-likeness (QED) is 0.202. The molecule has 0 spiro atoms. The molecule has 5 rings (SSSR count). The monoisotopic (exact) mass is 542 g/mol. The van der Waals surface area contributed by atoms with Gasteiger partial charge in [0.25, 0.3) is 0 Å². The highest BCUT2D eigenvalue weighted by Gasteiger charge is 2.44. The molecule has 5 heteroatoms. The molecule has 0 heterocycles. The Morgan fingerprint density at radius 1 is 1.20 bits per heavy atom. The van der Waals surface area contributed by atoms with Crippen molar-refractivity contribution in [2.24, 2.45) is 11.3 Å². The van der Waals surface area contributed by atoms with Crippen LogP contribution in [0.1, 0.15) is 74.8 Å². The Labute approximate surface area is 237 Å². The zero-order valence-corrected chi connectivity index (χ0v) is 24.4. The fraction of sp³-hybridized carbons (Fsp3) is 0.400. The Hall–Kier alpha value is -3.60. The van der Waals surface area contributed by atoms with Gasteiger partial charge < -0.3 is 14.2 Å². The number of hydrogen-bond donors (Lipinski definition) is 0. The normalized spacial score (nSPS) is 19.8. The van der Waals surface area contributed by atoms with E-state index in [2.05, 4.69) is 45.5 Å². The molecular formula is C35H39FO4. The van der Waals surface area contributed by atoms with Crippen LogP contribution in [0.4, 0.5) is 4.39 Å². The second-order valence-corrected chi connectivity index (χ2v) is 11.9. The molecule has 3 aromatic carbocycles. The summed E-state index contributed by atoms with van der Waals surface area (Å²) in [6.07, 6.45) is 3.77. The standard InChI is InChI=1S/C35H39FO4/c1-8-34(4,5)32-26-18-22(10-13-25(26)30-28(36)14-15-29(38-7)31(30)32)20-40-24-12-11-23-16-17-35(6,27(23)19-24)21(3)33(37)39-9-2/h8,10-15,18-19,21,32H,1,9,16-17,20H2,2-7H3/t21?,32?,35-/m0/s1. The van der Waals surface area contributed by atoms with Crippen molar-refractivity contribution in [2.75, 3.05) is 13.7 Å². The third-order valence-electron chi connectivity index (χ3n) is 9.24. The van der Waals surface area contributed by atoms with E-state index in [0.29, 0.717) is 24.5 Å². The molecule has 0 N–H and O–H groups in total. The first-order valence-corrected chi connectivity index (χ1v) is 14.1. The van der Waals surface area contributed by atoms with Gasteiger partial charge in [-0.1, -0.05) is 58.0 Å². The van der Waals surface area contributed by atoms with Gasteiger partial charge in [0.2, 0.25) is 0 Å². The Balaban J connectivity index is 1.44. The molecule has 2 aliphatic carbocycles. The number of allylic oxidation sites excluding steroid dienone is 1. The van der Waals surface area contributed by atoms with Crippen molar-refractivity contribution >= 4 is 5.97 Å². The summed E-state index contributed by atoms with van der Waals surface area (Å²) in [7, 11) is 1.63. The maximum absolute atomic E-state index is 15.2. The molecule has 0 bridgehead atoms. The second-order valence-electron chi connectivity index (χ2n) is 11.9. The number of methoxy groups -OCH3 is 1. The summed E-state index contributed by atoms with van der Waals surface area (Å²) in [6.45, 7) is 15.0. The maximum Gasteiger partial charge on any atom is 0.309 e. The van der Waals surface area contributed by atoms with Gasteiger partial charge in [0, 0.05) is 22.5 Å². The summed E-state index contributed by atoms with van der Waals surface area (Å²) in [5.41, 5.74) is 6.19. The summed E-state index contributed by atoms with van der Waals surface area (Å²) in [5, 5.41) is 0. The molecular weight excluding hydrogens is 503 g/mol. The SMILES string of the molecule is C=CC(C)(C)C1c2cc(COc3ccc4c(c3)[C@](C)(C(C)C(=O)OCC)CC4)ccc2-c2c(F)ccc(OC)c21. The minimum absolute atomic E-state index is 0.106. The average Bonchev–Trinajstić information content (AvgIpc) is 3.48. The number of carbonyl (C=O) groups is 1. The molecule has 2 aliphatic rings. The zero-order chi connectivity index (χ0) is 28.8. The van der Waals surface area contributed by atoms with Gasteiger partial charge in [-0.25, -0.2) is 4.39 Å². The van der Waals surface area contributed by atoms with Gasteiger partial charge in [-0.15, -0.1) is 6.58 Å². The van der Waals surface area contributed by atoms with E-state index >= 15 is 4.39 Å². The number of esters is 1. The number of benzene rings is 3. The van der Waals surface area contributed by atoms with Gasteiger partial charge in [-0.2, -0.15) is 0 Å². The fourth-order valence-corrected chi connectivity index (χ4v) is 6.59. The van der Waals surface area contributed by atoms with E-state index < -0.39 is 0 Å². The van der Waals surface area contributed by atoms with Crippen molar-refractivity contribution in [1.82, 2.24) is 0 Å². The average molecular weight is 543 g/mol. The summed E-state index contributed by atoms with van der Waals surface area (Å²) in [6, 6.07) is 15.5. The zero-order valence-electron chi connectivity index (χ0n) is 24.4. The van der Waals surface area contributed by atoms with Crippen molar-refractivity contribution in [2.45, 2.75) is 65.4 Å². The van der Waals surface area contributed by atoms with E-state index in [0.717, 1.165) is 46.4 Å². The van der Waals surface area contributed by atoms with Crippen LogP contribution in [0.5, 0.6) is 11.5 Å². The lowest BCUT2D eigenvalue weighted by Gasteiger charge is -2.31. The van der Waals surface area contributed by atoms with Crippen molar-refractivity contribution in [3.63, 3.8) is 0 Å². The molecule has 0 amide bonds. The van der Waals surface area contributed by atoms with Crippen LogP contribution >= 0.6 is 0 Å². The molecule has 3 atom stereocenters. The number of aryl methyl sites for hydroxylation is 1. The van der Waals surface area contributed by atoms with Gasteiger partial charge in [0.05, 0.1) is 19.6 Å². The molecule has 3 aromatic rings. The minimum Gasteiger partial charge on any atom is -0.496 e. The molecule has 40 heavy (non-hydrogen) atoms. The predicted octanol–water partition coefficient (Wildman–Crippen LogP) is 8.14. The molecule has 0 saturated heterocycles. The minimum atomic E-state index is -0.333. The van der Waals surface area contributed by atoms with Crippen LogP contribution in [0.2, 0.25) is 0 Å². The van der Waals surface area contributed by atoms with Gasteiger partial charge in [-0.3, -0.25) is 4.79 Å². The van der Waals surface area contributed by atoms with Crippen molar-refractivity contribution in [1.29, 1.82) is 0 Å². The maximum atomic E-state index is 15.2. The predicted molar refractivity (Wildman–Crippen MR) is 156 cm³/mol. The molecule has 4 nitrogen and oxygen atoms in total. The topological polar surface area (TPSA) is 44.8 Å². The van der Waals surface area contributed by atoms with Crippen LogP contribution in [0.15, 0.2) is 61.2 Å². The van der Waals surface area contributed by atoms with Crippen molar-refractivity contribution in [3.05, 3.63) is 94.8 Å². The number of carbonyl (C=O) groups excluding carboxylic acids is 1. The summed E-state index contributed by atoms with van der Waals surface area (Å²) in [4.78, 5) is 12.6. The second kappa shape index (κ2) is 10.4. The van der Waals surface area contributed by atoms with E-state index in [1.54, 1.807) is 13.2 Å². The van der Waals surface area contributed by atoms with Gasteiger partial charge in [0.1, 0.15) is 23.9 Å². The van der Waals surface area contributed by atoms with Crippen molar-refractivity contribution in [3.8, 4) is 22.6 Å². The molecule has 0 fully saturated rings. The Kier molecular flexibility index (Phi) is 7.28. The number of rotatable bonds is 9. The third-order valence-corrected chi connectivity index (χ3v) is 9.24. The summed E-state index contributed by atoms with van der Waals surface area (Å²) >= 11 is 0. The summed E-state index contributed by atoms with van der Waals surface area (Å²) < 4.78 is 32.6. The van der Waals surface area contributed by atoms with Crippen molar-refractivity contribution < 1.29 is 23.4 Å². The lowest BCUT2D eigenvalue weighted by molar-refractivity contribution is -0.149. The van der Waals surface area contributed by atoms with Crippen LogP contribution < -0.4 is 9.47 Å². The van der Waals surface area contributed by atoms with Gasteiger partial charge in [-0.05, 0) is 77.3 Å². The highest BCUT2D eigenvalue weighted by Crippen LogP contribution is 2.57. The largest absolute Gasteiger partial charge is 0.496 e. The fourth-order valence-electron chi connectivity index (χ4n) is 6.59. The highest BCUT2D eigenvalue weighted by molar-refractivity contribution is 5.82. The number of hydrogen-bond acceptors (Lipinski definition) is 4. The first-order valence-electron chi connectivity index (χ1n) is 14.1. The van der Waals surface area contributed by atoms with E-state index in [4.69, 9.17) is 14.2 Å². The van der Waals surface area contributed by atoms with Crippen LogP contribution in [-0.2, 0) is 28.0 Å². The van der Waals surface area contributed by atoms with E-state index in [-0.39, 0.29) is 34.5 Å². The Bertz CT molecular complexity index is 1470. The van der Waals surface area contributed by atoms with Gasteiger partial charge >= 0.3 is 5.97 Å². The van der Waals surface area contributed by atoms with E-state index in [1.807, 2.05) is 38.1 Å². The summed E-state index contributed by atoms with van der Waals surface area (Å²) in [5.74, 6) is 0.691. The Morgan fingerprint density at radius 3 is 2.67 bits per heavy atom. The van der Waals surface area contributed by atoms with Crippen LogP contribution in [0, 0.1) is 17.2 Å².